The lowest BCUT2D eigenvalue weighted by Crippen LogP contribution is -2.05. The van der Waals surface area contributed by atoms with Gasteiger partial charge in [0.15, 0.2) is 0 Å². The summed E-state index contributed by atoms with van der Waals surface area (Å²) in [5, 5.41) is 11.4. The summed E-state index contributed by atoms with van der Waals surface area (Å²) in [6, 6.07) is 7.42. The van der Waals surface area contributed by atoms with E-state index in [2.05, 4.69) is 4.98 Å². The summed E-state index contributed by atoms with van der Waals surface area (Å²) in [7, 11) is 0. The van der Waals surface area contributed by atoms with Gasteiger partial charge < -0.3 is 5.11 Å². The third-order valence-electron chi connectivity index (χ3n) is 3.70. The van der Waals surface area contributed by atoms with Crippen LogP contribution in [0.25, 0.3) is 4.83 Å². The fourth-order valence-electron chi connectivity index (χ4n) is 2.56. The lowest BCUT2D eigenvalue weighted by molar-refractivity contribution is 0.213. The largest absolute Gasteiger partial charge is 0.382 e. The molecule has 2 heterocycles. The summed E-state index contributed by atoms with van der Waals surface area (Å²) in [6.45, 7) is 0. The van der Waals surface area contributed by atoms with Gasteiger partial charge in [0.1, 0.15) is 17.3 Å². The van der Waals surface area contributed by atoms with Crippen molar-refractivity contribution in [3.05, 3.63) is 57.9 Å². The van der Waals surface area contributed by atoms with E-state index in [-0.39, 0.29) is 0 Å². The second kappa shape index (κ2) is 4.58. The number of benzene rings is 1. The van der Waals surface area contributed by atoms with Crippen LogP contribution in [0.3, 0.4) is 0 Å². The smallest absolute Gasteiger partial charge is 0.121 e. The van der Waals surface area contributed by atoms with Crippen LogP contribution >= 0.6 is 22.9 Å². The Labute approximate surface area is 125 Å². The Hall–Kier alpha value is -1.36. The van der Waals surface area contributed by atoms with E-state index in [9.17, 15) is 5.11 Å². The quantitative estimate of drug-likeness (QED) is 0.794. The number of fused-ring (bicyclic) bond motifs is 1. The molecule has 0 amide bonds. The van der Waals surface area contributed by atoms with Crippen molar-refractivity contribution in [1.82, 2.24) is 9.38 Å². The number of hydrogen-bond donors (Lipinski definition) is 1. The summed E-state index contributed by atoms with van der Waals surface area (Å²) in [5.41, 5.74) is 1.78. The molecule has 5 heteroatoms. The van der Waals surface area contributed by atoms with Crippen LogP contribution in [0.2, 0.25) is 5.02 Å². The maximum Gasteiger partial charge on any atom is 0.121 e. The topological polar surface area (TPSA) is 37.5 Å². The molecule has 20 heavy (non-hydrogen) atoms. The lowest BCUT2D eigenvalue weighted by atomic mass is 10.0. The molecule has 0 bridgehead atoms. The van der Waals surface area contributed by atoms with Crippen molar-refractivity contribution in [2.75, 3.05) is 0 Å². The minimum atomic E-state index is -0.660. The number of aliphatic hydroxyl groups is 1. The highest BCUT2D eigenvalue weighted by molar-refractivity contribution is 7.17. The molecular weight excluding hydrogens is 292 g/mol. The number of rotatable bonds is 3. The molecule has 1 aromatic carbocycles. The van der Waals surface area contributed by atoms with Gasteiger partial charge in [-0.2, -0.15) is 0 Å². The average molecular weight is 305 g/mol. The van der Waals surface area contributed by atoms with Gasteiger partial charge in [0, 0.05) is 9.90 Å². The zero-order valence-corrected chi connectivity index (χ0v) is 12.2. The molecule has 1 saturated carbocycles. The van der Waals surface area contributed by atoms with Crippen LogP contribution < -0.4 is 0 Å². The normalized spacial score (nSPS) is 16.7. The monoisotopic (exact) mass is 304 g/mol. The predicted octanol–water partition coefficient (Wildman–Crippen LogP) is 4.01. The van der Waals surface area contributed by atoms with Crippen LogP contribution in [0.1, 0.15) is 41.0 Å². The zero-order chi connectivity index (χ0) is 13.7. The van der Waals surface area contributed by atoms with E-state index in [1.54, 1.807) is 17.7 Å². The molecule has 1 atom stereocenters. The minimum Gasteiger partial charge on any atom is -0.382 e. The fourth-order valence-corrected chi connectivity index (χ4v) is 4.06. The van der Waals surface area contributed by atoms with Crippen molar-refractivity contribution < 1.29 is 5.11 Å². The van der Waals surface area contributed by atoms with E-state index in [1.165, 1.54) is 17.7 Å². The Morgan fingerprint density at radius 2 is 2.25 bits per heavy atom. The van der Waals surface area contributed by atoms with Gasteiger partial charge in [0.2, 0.25) is 0 Å². The first-order valence-corrected chi connectivity index (χ1v) is 7.81. The van der Waals surface area contributed by atoms with E-state index in [1.807, 2.05) is 34.9 Å². The Kier molecular flexibility index (Phi) is 2.84. The summed E-state index contributed by atoms with van der Waals surface area (Å²) in [5.74, 6) is 0.601. The van der Waals surface area contributed by atoms with Crippen LogP contribution in [-0.4, -0.2) is 14.5 Å². The molecule has 0 saturated heterocycles. The van der Waals surface area contributed by atoms with Crippen molar-refractivity contribution in [3.63, 3.8) is 0 Å². The summed E-state index contributed by atoms with van der Waals surface area (Å²) in [4.78, 5) is 6.55. The second-order valence-electron chi connectivity index (χ2n) is 5.19. The Balaban J connectivity index is 1.87. The molecule has 4 rings (SSSR count). The number of thiazole rings is 1. The van der Waals surface area contributed by atoms with Crippen molar-refractivity contribution in [3.8, 4) is 0 Å². The third kappa shape index (κ3) is 1.95. The summed E-state index contributed by atoms with van der Waals surface area (Å²) >= 11 is 7.77. The standard InChI is InChI=1S/C15H13ClN2OS/c16-11-3-1-2-10(6-11)14(19)13-15(9-4-5-9)20-12-7-17-8-18(12)13/h1-3,6-9,14,19H,4-5H2. The number of aromatic nitrogens is 2. The van der Waals surface area contributed by atoms with Crippen molar-refractivity contribution in [1.29, 1.82) is 0 Å². The Bertz CT molecular complexity index is 775. The number of imidazole rings is 1. The summed E-state index contributed by atoms with van der Waals surface area (Å²) < 4.78 is 2.00. The minimum absolute atomic E-state index is 0.601. The second-order valence-corrected chi connectivity index (χ2v) is 6.68. The van der Waals surface area contributed by atoms with E-state index in [0.29, 0.717) is 10.9 Å². The molecule has 1 aliphatic rings. The maximum atomic E-state index is 10.8. The maximum absolute atomic E-state index is 10.8. The van der Waals surface area contributed by atoms with Gasteiger partial charge >= 0.3 is 0 Å². The lowest BCUT2D eigenvalue weighted by Gasteiger charge is -2.13. The number of hydrogen-bond acceptors (Lipinski definition) is 3. The van der Waals surface area contributed by atoms with E-state index in [4.69, 9.17) is 11.6 Å². The van der Waals surface area contributed by atoms with Gasteiger partial charge in [-0.25, -0.2) is 4.98 Å². The van der Waals surface area contributed by atoms with Crippen LogP contribution in [-0.2, 0) is 0 Å². The van der Waals surface area contributed by atoms with Gasteiger partial charge in [0.25, 0.3) is 0 Å². The first-order chi connectivity index (χ1) is 9.74. The number of aliphatic hydroxyl groups excluding tert-OH is 1. The summed E-state index contributed by atoms with van der Waals surface area (Å²) in [6.07, 6.45) is 5.40. The van der Waals surface area contributed by atoms with E-state index < -0.39 is 6.10 Å². The Morgan fingerprint density at radius 1 is 1.40 bits per heavy atom. The van der Waals surface area contributed by atoms with Crippen molar-refractivity contribution in [2.45, 2.75) is 24.9 Å². The number of halogens is 1. The first kappa shape index (κ1) is 12.4. The van der Waals surface area contributed by atoms with Crippen LogP contribution in [0.15, 0.2) is 36.8 Å². The molecule has 0 spiro atoms. The highest BCUT2D eigenvalue weighted by atomic mass is 35.5. The molecular formula is C15H13ClN2OS. The zero-order valence-electron chi connectivity index (χ0n) is 10.7. The molecule has 0 radical (unpaired) electrons. The highest BCUT2D eigenvalue weighted by Gasteiger charge is 2.32. The van der Waals surface area contributed by atoms with Gasteiger partial charge in [0.05, 0.1) is 11.9 Å². The van der Waals surface area contributed by atoms with Gasteiger partial charge in [-0.05, 0) is 36.5 Å². The van der Waals surface area contributed by atoms with Gasteiger partial charge in [-0.15, -0.1) is 11.3 Å². The van der Waals surface area contributed by atoms with Crippen molar-refractivity contribution in [2.24, 2.45) is 0 Å². The molecule has 3 nitrogen and oxygen atoms in total. The molecule has 3 aromatic rings. The average Bonchev–Trinajstić information content (AvgIpc) is 3.07. The van der Waals surface area contributed by atoms with Crippen molar-refractivity contribution >= 4 is 27.8 Å². The Morgan fingerprint density at radius 3 is 3.00 bits per heavy atom. The first-order valence-electron chi connectivity index (χ1n) is 6.62. The molecule has 1 aliphatic carbocycles. The van der Waals surface area contributed by atoms with Crippen LogP contribution in [0.5, 0.6) is 0 Å². The number of nitrogens with zero attached hydrogens (tertiary/aromatic N) is 2. The van der Waals surface area contributed by atoms with E-state index in [0.717, 1.165) is 16.1 Å². The van der Waals surface area contributed by atoms with Crippen LogP contribution in [0, 0.1) is 0 Å². The molecule has 1 fully saturated rings. The fraction of sp³-hybridized carbons (Fsp3) is 0.267. The van der Waals surface area contributed by atoms with Gasteiger partial charge in [-0.3, -0.25) is 4.40 Å². The SMILES string of the molecule is OC(c1cccc(Cl)c1)c1c(C2CC2)sc2cncn12. The van der Waals surface area contributed by atoms with Crippen LogP contribution in [0.4, 0.5) is 0 Å². The molecule has 102 valence electrons. The molecule has 1 unspecified atom stereocenters. The van der Waals surface area contributed by atoms with E-state index >= 15 is 0 Å². The molecule has 2 aromatic heterocycles. The van der Waals surface area contributed by atoms with Gasteiger partial charge in [-0.1, -0.05) is 23.7 Å². The molecule has 0 aliphatic heterocycles. The third-order valence-corrected chi connectivity index (χ3v) is 5.21. The predicted molar refractivity (Wildman–Crippen MR) is 80.6 cm³/mol. The highest BCUT2D eigenvalue weighted by Crippen LogP contribution is 2.47. The molecule has 1 N–H and O–H groups in total.